The highest BCUT2D eigenvalue weighted by Crippen LogP contribution is 2.36. The van der Waals surface area contributed by atoms with E-state index in [1.165, 1.54) is 0 Å². The van der Waals surface area contributed by atoms with Gasteiger partial charge in [-0.3, -0.25) is 9.59 Å². The van der Waals surface area contributed by atoms with Gasteiger partial charge in [-0.25, -0.2) is 4.90 Å². The van der Waals surface area contributed by atoms with Crippen molar-refractivity contribution < 1.29 is 28.5 Å². The second-order valence-corrected chi connectivity index (χ2v) is 10.6. The number of carbonyl (C=O) groups excluding carboxylic acids is 2. The molecular formula is C36H33NO6. The summed E-state index contributed by atoms with van der Waals surface area (Å²) in [6.07, 6.45) is -3.06. The highest BCUT2D eigenvalue weighted by Gasteiger charge is 2.50. The summed E-state index contributed by atoms with van der Waals surface area (Å²) < 4.78 is 25.7. The Bertz CT molecular complexity index is 1520. The van der Waals surface area contributed by atoms with Gasteiger partial charge in [0.15, 0.2) is 6.23 Å². The van der Waals surface area contributed by atoms with Crippen molar-refractivity contribution in [2.45, 2.75) is 44.4 Å². The number of ether oxygens (including phenoxy) is 4. The Morgan fingerprint density at radius 3 is 1.63 bits per heavy atom. The molecule has 2 aliphatic heterocycles. The molecule has 0 bridgehead atoms. The first-order valence-corrected chi connectivity index (χ1v) is 14.3. The number of hydrogen-bond acceptors (Lipinski definition) is 6. The van der Waals surface area contributed by atoms with Gasteiger partial charge in [0.2, 0.25) is 0 Å². The molecule has 43 heavy (non-hydrogen) atoms. The molecular weight excluding hydrogens is 542 g/mol. The van der Waals surface area contributed by atoms with Gasteiger partial charge in [0.05, 0.1) is 37.6 Å². The Labute approximate surface area is 251 Å². The summed E-state index contributed by atoms with van der Waals surface area (Å²) in [6, 6.07) is 36.2. The van der Waals surface area contributed by atoms with Crippen molar-refractivity contribution in [2.75, 3.05) is 6.61 Å². The molecule has 0 spiro atoms. The largest absolute Gasteiger partial charge is 0.374 e. The van der Waals surface area contributed by atoms with E-state index in [0.717, 1.165) is 21.6 Å². The summed E-state index contributed by atoms with van der Waals surface area (Å²) in [6.45, 7) is 5.41. The van der Waals surface area contributed by atoms with E-state index in [2.05, 4.69) is 6.58 Å². The standard InChI is InChI=1S/C36H33NO6/c1-25-32(41-22-27-15-7-3-8-16-27)33(42-23-28-17-9-4-10-18-28)31(24-40-21-26-13-5-2-6-14-26)43-36(25)37-34(38)29-19-11-12-20-30(29)35(37)39/h2-20,31-33,36H,1,21-24H2/t31-,32-,33+,36+/m1/s1. The third-order valence-electron chi connectivity index (χ3n) is 7.66. The molecule has 4 atom stereocenters. The predicted octanol–water partition coefficient (Wildman–Crippen LogP) is 5.95. The lowest BCUT2D eigenvalue weighted by Gasteiger charge is -2.44. The quantitative estimate of drug-likeness (QED) is 0.163. The molecule has 0 N–H and O–H groups in total. The van der Waals surface area contributed by atoms with E-state index in [1.807, 2.05) is 91.0 Å². The Hall–Kier alpha value is -4.40. The summed E-state index contributed by atoms with van der Waals surface area (Å²) in [4.78, 5) is 28.2. The molecule has 6 rings (SSSR count). The Kier molecular flexibility index (Phi) is 8.86. The third-order valence-corrected chi connectivity index (χ3v) is 7.66. The second kappa shape index (κ2) is 13.3. The zero-order valence-electron chi connectivity index (χ0n) is 23.7. The molecule has 0 radical (unpaired) electrons. The molecule has 218 valence electrons. The molecule has 1 fully saturated rings. The lowest BCUT2D eigenvalue weighted by Crippen LogP contribution is -2.59. The number of benzene rings is 4. The summed E-state index contributed by atoms with van der Waals surface area (Å²) in [5.74, 6) is -0.859. The molecule has 4 aromatic carbocycles. The number of carbonyl (C=O) groups is 2. The molecule has 2 amide bonds. The van der Waals surface area contributed by atoms with Gasteiger partial charge in [0, 0.05) is 5.57 Å². The fourth-order valence-corrected chi connectivity index (χ4v) is 5.45. The highest BCUT2D eigenvalue weighted by molar-refractivity contribution is 6.21. The molecule has 1 saturated heterocycles. The van der Waals surface area contributed by atoms with E-state index < -0.39 is 36.4 Å². The number of nitrogens with zero attached hydrogens (tertiary/aromatic N) is 1. The highest BCUT2D eigenvalue weighted by atomic mass is 16.6. The number of imide groups is 1. The van der Waals surface area contributed by atoms with Gasteiger partial charge in [-0.05, 0) is 28.8 Å². The van der Waals surface area contributed by atoms with Gasteiger partial charge in [0.25, 0.3) is 11.8 Å². The minimum Gasteiger partial charge on any atom is -0.374 e. The fraction of sp³-hybridized carbons (Fsp3) is 0.222. The van der Waals surface area contributed by atoms with E-state index in [9.17, 15) is 9.59 Å². The fourth-order valence-electron chi connectivity index (χ4n) is 5.45. The number of fused-ring (bicyclic) bond motifs is 1. The summed E-state index contributed by atoms with van der Waals surface area (Å²) >= 11 is 0. The second-order valence-electron chi connectivity index (χ2n) is 10.6. The molecule has 0 saturated carbocycles. The third kappa shape index (κ3) is 6.35. The van der Waals surface area contributed by atoms with Crippen LogP contribution in [0.5, 0.6) is 0 Å². The van der Waals surface area contributed by atoms with Crippen molar-refractivity contribution in [3.05, 3.63) is 155 Å². The van der Waals surface area contributed by atoms with Crippen LogP contribution in [0.1, 0.15) is 37.4 Å². The predicted molar refractivity (Wildman–Crippen MR) is 161 cm³/mol. The minimum atomic E-state index is -1.06. The van der Waals surface area contributed by atoms with Crippen molar-refractivity contribution in [3.63, 3.8) is 0 Å². The lowest BCUT2D eigenvalue weighted by molar-refractivity contribution is -0.209. The average Bonchev–Trinajstić information content (AvgIpc) is 3.30. The molecule has 7 nitrogen and oxygen atoms in total. The molecule has 7 heteroatoms. The first kappa shape index (κ1) is 28.7. The Morgan fingerprint density at radius 2 is 1.09 bits per heavy atom. The maximum atomic E-state index is 13.5. The van der Waals surface area contributed by atoms with Crippen LogP contribution in [0.15, 0.2) is 127 Å². The van der Waals surface area contributed by atoms with E-state index in [1.54, 1.807) is 24.3 Å². The molecule has 0 unspecified atom stereocenters. The van der Waals surface area contributed by atoms with E-state index in [4.69, 9.17) is 18.9 Å². The average molecular weight is 576 g/mol. The summed E-state index contributed by atoms with van der Waals surface area (Å²) in [5, 5.41) is 0. The van der Waals surface area contributed by atoms with Crippen LogP contribution < -0.4 is 0 Å². The van der Waals surface area contributed by atoms with Crippen LogP contribution in [-0.4, -0.2) is 47.9 Å². The molecule has 4 aromatic rings. The number of amides is 2. The Balaban J connectivity index is 1.30. The van der Waals surface area contributed by atoms with Crippen LogP contribution in [-0.2, 0) is 38.8 Å². The van der Waals surface area contributed by atoms with Crippen molar-refractivity contribution in [3.8, 4) is 0 Å². The van der Waals surface area contributed by atoms with Gasteiger partial charge in [-0.15, -0.1) is 0 Å². The van der Waals surface area contributed by atoms with E-state index >= 15 is 0 Å². The lowest BCUT2D eigenvalue weighted by atomic mass is 9.95. The monoisotopic (exact) mass is 575 g/mol. The number of rotatable bonds is 11. The van der Waals surface area contributed by atoms with Gasteiger partial charge in [-0.2, -0.15) is 0 Å². The van der Waals surface area contributed by atoms with Crippen molar-refractivity contribution in [2.24, 2.45) is 0 Å². The van der Waals surface area contributed by atoms with Crippen LogP contribution in [0, 0.1) is 0 Å². The van der Waals surface area contributed by atoms with E-state index in [0.29, 0.717) is 29.9 Å². The van der Waals surface area contributed by atoms with Crippen LogP contribution in [0.25, 0.3) is 0 Å². The smallest absolute Gasteiger partial charge is 0.263 e. The minimum absolute atomic E-state index is 0.145. The normalized spacial score (nSPS) is 21.7. The SMILES string of the molecule is C=C1[C@@H](OCc2ccccc2)[C@@H](OCc2ccccc2)[C@@H](COCc2ccccc2)O[C@@H]1N1C(=O)c2ccccc2C1=O. The van der Waals surface area contributed by atoms with Crippen molar-refractivity contribution in [1.29, 1.82) is 0 Å². The van der Waals surface area contributed by atoms with Crippen LogP contribution in [0.3, 0.4) is 0 Å². The molecule has 2 aliphatic rings. The first-order chi connectivity index (χ1) is 21.1. The molecule has 2 heterocycles. The van der Waals surface area contributed by atoms with Crippen LogP contribution in [0.4, 0.5) is 0 Å². The van der Waals surface area contributed by atoms with Crippen molar-refractivity contribution >= 4 is 11.8 Å². The van der Waals surface area contributed by atoms with Gasteiger partial charge < -0.3 is 18.9 Å². The zero-order chi connectivity index (χ0) is 29.6. The van der Waals surface area contributed by atoms with Gasteiger partial charge >= 0.3 is 0 Å². The molecule has 0 aromatic heterocycles. The van der Waals surface area contributed by atoms with Gasteiger partial charge in [0.1, 0.15) is 18.3 Å². The van der Waals surface area contributed by atoms with Gasteiger partial charge in [-0.1, -0.05) is 110 Å². The van der Waals surface area contributed by atoms with E-state index in [-0.39, 0.29) is 13.2 Å². The number of hydrogen-bond donors (Lipinski definition) is 0. The molecule has 0 aliphatic carbocycles. The Morgan fingerprint density at radius 1 is 0.628 bits per heavy atom. The first-order valence-electron chi connectivity index (χ1n) is 14.3. The summed E-state index contributed by atoms with van der Waals surface area (Å²) in [5.41, 5.74) is 4.08. The summed E-state index contributed by atoms with van der Waals surface area (Å²) in [7, 11) is 0. The van der Waals surface area contributed by atoms with Crippen LogP contribution in [0.2, 0.25) is 0 Å². The van der Waals surface area contributed by atoms with Crippen molar-refractivity contribution in [1.82, 2.24) is 4.90 Å². The maximum Gasteiger partial charge on any atom is 0.263 e. The van der Waals surface area contributed by atoms with Crippen LogP contribution >= 0.6 is 0 Å². The topological polar surface area (TPSA) is 74.3 Å². The zero-order valence-corrected chi connectivity index (χ0v) is 23.7. The maximum absolute atomic E-state index is 13.5.